The minimum absolute atomic E-state index is 0.0122. The Hall–Kier alpha value is -0.960. The standard InChI is InChI=1S/C12H9BrO2/c13-11-6-10(15)8-5-9(14)7-1-3-12(8,11)4-2-7/h1,3,5-7H,2,4H2/t7-,12-/m0/s1. The molecule has 15 heavy (non-hydrogen) atoms. The van der Waals surface area contributed by atoms with Gasteiger partial charge in [-0.1, -0.05) is 28.1 Å². The summed E-state index contributed by atoms with van der Waals surface area (Å²) >= 11 is 3.45. The van der Waals surface area contributed by atoms with Gasteiger partial charge in [-0.3, -0.25) is 9.59 Å². The van der Waals surface area contributed by atoms with Crippen molar-refractivity contribution in [2.24, 2.45) is 11.3 Å². The van der Waals surface area contributed by atoms with Crippen LogP contribution in [0.3, 0.4) is 0 Å². The number of carbonyl (C=O) groups excluding carboxylic acids is 2. The van der Waals surface area contributed by atoms with Crippen LogP contribution in [0.15, 0.2) is 34.4 Å². The Morgan fingerprint density at radius 2 is 2.13 bits per heavy atom. The first-order valence-corrected chi connectivity index (χ1v) is 5.80. The molecule has 2 nitrogen and oxygen atoms in total. The maximum atomic E-state index is 11.7. The number of hydrogen-bond donors (Lipinski definition) is 0. The Balaban J connectivity index is 2.28. The normalized spacial score (nSPS) is 37.5. The van der Waals surface area contributed by atoms with Gasteiger partial charge in [-0.2, -0.15) is 0 Å². The van der Waals surface area contributed by atoms with E-state index in [0.29, 0.717) is 5.57 Å². The minimum Gasteiger partial charge on any atom is -0.294 e. The highest BCUT2D eigenvalue weighted by Gasteiger charge is 2.47. The third kappa shape index (κ3) is 1.04. The molecule has 2 atom stereocenters. The molecule has 4 aliphatic rings. The van der Waals surface area contributed by atoms with Crippen molar-refractivity contribution in [2.45, 2.75) is 12.8 Å². The van der Waals surface area contributed by atoms with Crippen LogP contribution in [0.25, 0.3) is 0 Å². The second kappa shape index (κ2) is 2.79. The molecule has 0 aromatic carbocycles. The van der Waals surface area contributed by atoms with E-state index in [4.69, 9.17) is 0 Å². The molecular weight excluding hydrogens is 256 g/mol. The fourth-order valence-corrected chi connectivity index (χ4v) is 3.37. The van der Waals surface area contributed by atoms with Crippen molar-refractivity contribution in [1.29, 1.82) is 0 Å². The van der Waals surface area contributed by atoms with Crippen LogP contribution < -0.4 is 0 Å². The maximum absolute atomic E-state index is 11.7. The number of carbonyl (C=O) groups is 2. The second-order valence-electron chi connectivity index (χ2n) is 4.29. The molecule has 76 valence electrons. The molecule has 0 fully saturated rings. The molecule has 0 aromatic rings. The van der Waals surface area contributed by atoms with Crippen molar-refractivity contribution in [3.8, 4) is 0 Å². The maximum Gasteiger partial charge on any atom is 0.184 e. The lowest BCUT2D eigenvalue weighted by molar-refractivity contribution is -0.117. The van der Waals surface area contributed by atoms with Crippen molar-refractivity contribution in [3.05, 3.63) is 34.4 Å². The summed E-state index contributed by atoms with van der Waals surface area (Å²) in [5, 5.41) is 0. The number of hydrogen-bond acceptors (Lipinski definition) is 2. The molecule has 4 rings (SSSR count). The van der Waals surface area contributed by atoms with E-state index in [0.717, 1.165) is 17.3 Å². The Kier molecular flexibility index (Phi) is 1.72. The Bertz CT molecular complexity index is 470. The predicted molar refractivity (Wildman–Crippen MR) is 59.4 cm³/mol. The summed E-state index contributed by atoms with van der Waals surface area (Å²) in [5.74, 6) is 0.0359. The number of fused-ring (bicyclic) bond motifs is 2. The molecule has 0 aliphatic heterocycles. The average Bonchev–Trinajstić information content (AvgIpc) is 2.41. The third-order valence-corrected chi connectivity index (χ3v) is 4.48. The van der Waals surface area contributed by atoms with Crippen LogP contribution in [-0.4, -0.2) is 11.6 Å². The fraction of sp³-hybridized carbons (Fsp3) is 0.333. The number of ketones is 2. The Morgan fingerprint density at radius 3 is 2.80 bits per heavy atom. The van der Waals surface area contributed by atoms with Crippen molar-refractivity contribution in [1.82, 2.24) is 0 Å². The SMILES string of the molecule is O=C1C=C(Br)[C@@]23C=C[C@@H](CC2)C(=O)C=C13. The average molecular weight is 265 g/mol. The highest BCUT2D eigenvalue weighted by Crippen LogP contribution is 2.53. The molecule has 0 unspecified atom stereocenters. The van der Waals surface area contributed by atoms with Gasteiger partial charge in [-0.15, -0.1) is 0 Å². The number of rotatable bonds is 0. The van der Waals surface area contributed by atoms with Gasteiger partial charge in [0.05, 0.1) is 0 Å². The van der Waals surface area contributed by atoms with Gasteiger partial charge in [0.15, 0.2) is 11.6 Å². The van der Waals surface area contributed by atoms with E-state index in [-0.39, 0.29) is 22.9 Å². The Morgan fingerprint density at radius 1 is 1.33 bits per heavy atom. The molecule has 0 N–H and O–H groups in total. The summed E-state index contributed by atoms with van der Waals surface area (Å²) in [4.78, 5) is 23.5. The van der Waals surface area contributed by atoms with Crippen LogP contribution in [0.4, 0.5) is 0 Å². The van der Waals surface area contributed by atoms with Gasteiger partial charge in [0, 0.05) is 21.4 Å². The topological polar surface area (TPSA) is 34.1 Å². The van der Waals surface area contributed by atoms with Crippen LogP contribution in [0.1, 0.15) is 12.8 Å². The lowest BCUT2D eigenvalue weighted by Gasteiger charge is -2.30. The van der Waals surface area contributed by atoms with Crippen LogP contribution >= 0.6 is 15.9 Å². The molecule has 0 saturated carbocycles. The zero-order chi connectivity index (χ0) is 10.6. The molecule has 0 radical (unpaired) electrons. The van der Waals surface area contributed by atoms with Gasteiger partial charge >= 0.3 is 0 Å². The van der Waals surface area contributed by atoms with E-state index in [1.807, 2.05) is 12.2 Å². The number of halogens is 1. The lowest BCUT2D eigenvalue weighted by atomic mass is 9.75. The highest BCUT2D eigenvalue weighted by molar-refractivity contribution is 9.11. The second-order valence-corrected chi connectivity index (χ2v) is 5.15. The molecule has 0 heterocycles. The van der Waals surface area contributed by atoms with Gasteiger partial charge < -0.3 is 0 Å². The summed E-state index contributed by atoms with van der Waals surface area (Å²) in [5.41, 5.74) is 0.329. The molecule has 4 aliphatic carbocycles. The van der Waals surface area contributed by atoms with Gasteiger partial charge in [0.2, 0.25) is 0 Å². The van der Waals surface area contributed by atoms with Crippen LogP contribution in [0.2, 0.25) is 0 Å². The lowest BCUT2D eigenvalue weighted by Crippen LogP contribution is -2.22. The summed E-state index contributed by atoms with van der Waals surface area (Å²) in [6, 6.07) is 0. The van der Waals surface area contributed by atoms with E-state index in [9.17, 15) is 9.59 Å². The molecular formula is C12H9BrO2. The van der Waals surface area contributed by atoms with Crippen LogP contribution in [0, 0.1) is 11.3 Å². The van der Waals surface area contributed by atoms with E-state index in [2.05, 4.69) is 15.9 Å². The fourth-order valence-electron chi connectivity index (χ4n) is 2.62. The third-order valence-electron chi connectivity index (χ3n) is 3.54. The quantitative estimate of drug-likeness (QED) is 0.630. The zero-order valence-corrected chi connectivity index (χ0v) is 9.58. The minimum atomic E-state index is -0.320. The van der Waals surface area contributed by atoms with Crippen molar-refractivity contribution in [3.63, 3.8) is 0 Å². The highest BCUT2D eigenvalue weighted by atomic mass is 79.9. The first kappa shape index (κ1) is 9.28. The molecule has 2 bridgehead atoms. The van der Waals surface area contributed by atoms with Gasteiger partial charge in [-0.05, 0) is 25.0 Å². The smallest absolute Gasteiger partial charge is 0.184 e. The van der Waals surface area contributed by atoms with E-state index < -0.39 is 0 Å². The summed E-state index contributed by atoms with van der Waals surface area (Å²) in [6.45, 7) is 0. The summed E-state index contributed by atoms with van der Waals surface area (Å²) in [7, 11) is 0. The van der Waals surface area contributed by atoms with E-state index in [1.54, 1.807) is 12.2 Å². The van der Waals surface area contributed by atoms with Crippen molar-refractivity contribution < 1.29 is 9.59 Å². The zero-order valence-electron chi connectivity index (χ0n) is 8.00. The van der Waals surface area contributed by atoms with Gasteiger partial charge in [0.1, 0.15) is 0 Å². The molecule has 1 spiro atoms. The monoisotopic (exact) mass is 264 g/mol. The van der Waals surface area contributed by atoms with E-state index in [1.165, 1.54) is 0 Å². The van der Waals surface area contributed by atoms with Gasteiger partial charge in [0.25, 0.3) is 0 Å². The first-order chi connectivity index (χ1) is 7.13. The first-order valence-electron chi connectivity index (χ1n) is 5.01. The van der Waals surface area contributed by atoms with Gasteiger partial charge in [-0.25, -0.2) is 0 Å². The summed E-state index contributed by atoms with van der Waals surface area (Å²) in [6.07, 6.45) is 8.80. The van der Waals surface area contributed by atoms with Crippen LogP contribution in [0.5, 0.6) is 0 Å². The number of allylic oxidation sites excluding steroid dienone is 6. The molecule has 0 saturated heterocycles. The van der Waals surface area contributed by atoms with Crippen molar-refractivity contribution >= 4 is 27.5 Å². The van der Waals surface area contributed by atoms with Crippen molar-refractivity contribution in [2.75, 3.05) is 0 Å². The largest absolute Gasteiger partial charge is 0.294 e. The molecule has 3 heteroatoms. The molecule has 0 aromatic heterocycles. The van der Waals surface area contributed by atoms with E-state index >= 15 is 0 Å². The molecule has 0 amide bonds. The predicted octanol–water partition coefficient (Wildman–Crippen LogP) is 2.31. The Labute approximate surface area is 95.9 Å². The van der Waals surface area contributed by atoms with Crippen LogP contribution in [-0.2, 0) is 9.59 Å². The summed E-state index contributed by atoms with van der Waals surface area (Å²) < 4.78 is 0.899.